The van der Waals surface area contributed by atoms with E-state index in [1.807, 2.05) is 0 Å². The summed E-state index contributed by atoms with van der Waals surface area (Å²) in [5.74, 6) is -0.750. The van der Waals surface area contributed by atoms with Gasteiger partial charge in [0.05, 0.1) is 10.7 Å². The Balaban J connectivity index is 2.90. The fourth-order valence-corrected chi connectivity index (χ4v) is 3.38. The van der Waals surface area contributed by atoms with E-state index in [4.69, 9.17) is 22.4 Å². The van der Waals surface area contributed by atoms with E-state index in [9.17, 15) is 12.8 Å². The molecule has 0 heterocycles. The molecule has 1 aromatic rings. The number of hydrogen-bond donors (Lipinski definition) is 2. The fourth-order valence-electron chi connectivity index (χ4n) is 1.65. The molecule has 0 aliphatic carbocycles. The molecule has 8 heteroatoms. The number of halogens is 2. The molecule has 0 spiro atoms. The molecule has 0 unspecified atom stereocenters. The molecule has 0 atom stereocenters. The monoisotopic (exact) mass is 324 g/mol. The van der Waals surface area contributed by atoms with E-state index in [-0.39, 0.29) is 28.8 Å². The van der Waals surface area contributed by atoms with Crippen molar-refractivity contribution in [2.24, 2.45) is 0 Å². The van der Waals surface area contributed by atoms with E-state index in [1.54, 1.807) is 0 Å². The van der Waals surface area contributed by atoms with Crippen molar-refractivity contribution in [3.8, 4) is 0 Å². The van der Waals surface area contributed by atoms with Crippen LogP contribution in [0.5, 0.6) is 0 Å². The molecule has 0 amide bonds. The van der Waals surface area contributed by atoms with Gasteiger partial charge in [0.15, 0.2) is 0 Å². The van der Waals surface area contributed by atoms with Crippen molar-refractivity contribution in [1.82, 2.24) is 4.31 Å². The first-order valence-corrected chi connectivity index (χ1v) is 7.94. The topological polar surface area (TPSA) is 83.6 Å². The van der Waals surface area contributed by atoms with Crippen LogP contribution in [-0.4, -0.2) is 38.0 Å². The maximum absolute atomic E-state index is 13.2. The molecule has 0 bridgehead atoms. The molecule has 0 aromatic heterocycles. The lowest BCUT2D eigenvalue weighted by Crippen LogP contribution is -2.28. The Bertz CT molecular complexity index is 566. The van der Waals surface area contributed by atoms with Gasteiger partial charge in [0, 0.05) is 20.2 Å². The lowest BCUT2D eigenvalue weighted by atomic mass is 10.2. The van der Waals surface area contributed by atoms with Gasteiger partial charge in [0.2, 0.25) is 10.0 Å². The normalized spacial score (nSPS) is 12.1. The summed E-state index contributed by atoms with van der Waals surface area (Å²) in [5.41, 5.74) is 5.12. The first kappa shape index (κ1) is 17.2. The van der Waals surface area contributed by atoms with Gasteiger partial charge in [0.25, 0.3) is 0 Å². The third kappa shape index (κ3) is 4.05. The molecule has 1 aromatic carbocycles. The standard InChI is InChI=1S/C12H18ClFN2O3S/c1-16(5-3-2-4-6-17)20(18,19)12-8-11(15)10(14)7-9(12)13/h7-8,17H,2-6,15H2,1H3. The Morgan fingerprint density at radius 3 is 2.60 bits per heavy atom. The smallest absolute Gasteiger partial charge is 0.244 e. The highest BCUT2D eigenvalue weighted by Crippen LogP contribution is 2.28. The van der Waals surface area contributed by atoms with E-state index in [0.29, 0.717) is 12.8 Å². The number of aliphatic hydroxyl groups is 1. The lowest BCUT2D eigenvalue weighted by molar-refractivity contribution is 0.281. The summed E-state index contributed by atoms with van der Waals surface area (Å²) in [5, 5.41) is 8.47. The van der Waals surface area contributed by atoms with E-state index < -0.39 is 15.8 Å². The number of hydrogen-bond acceptors (Lipinski definition) is 4. The summed E-state index contributed by atoms with van der Waals surface area (Å²) in [6.45, 7) is 0.368. The van der Waals surface area contributed by atoms with E-state index in [1.165, 1.54) is 7.05 Å². The second-order valence-electron chi connectivity index (χ2n) is 4.41. The van der Waals surface area contributed by atoms with E-state index in [0.717, 1.165) is 22.9 Å². The van der Waals surface area contributed by atoms with Gasteiger partial charge < -0.3 is 10.8 Å². The molecule has 20 heavy (non-hydrogen) atoms. The van der Waals surface area contributed by atoms with Crippen LogP contribution in [0, 0.1) is 5.82 Å². The van der Waals surface area contributed by atoms with Crippen LogP contribution in [0.25, 0.3) is 0 Å². The van der Waals surface area contributed by atoms with Crippen LogP contribution < -0.4 is 5.73 Å². The number of benzene rings is 1. The molecule has 0 aliphatic heterocycles. The molecule has 0 aliphatic rings. The van der Waals surface area contributed by atoms with Gasteiger partial charge in [-0.05, 0) is 31.4 Å². The van der Waals surface area contributed by atoms with Crippen LogP contribution >= 0.6 is 11.6 Å². The molecular formula is C12H18ClFN2O3S. The zero-order chi connectivity index (χ0) is 15.3. The van der Waals surface area contributed by atoms with Crippen molar-refractivity contribution in [3.05, 3.63) is 23.0 Å². The van der Waals surface area contributed by atoms with Crippen LogP contribution in [0.2, 0.25) is 5.02 Å². The molecule has 1 rings (SSSR count). The summed E-state index contributed by atoms with van der Waals surface area (Å²) in [6.07, 6.45) is 1.96. The van der Waals surface area contributed by atoms with Crippen LogP contribution in [0.1, 0.15) is 19.3 Å². The molecule has 5 nitrogen and oxygen atoms in total. The number of aliphatic hydroxyl groups excluding tert-OH is 1. The number of nitrogens with two attached hydrogens (primary N) is 1. The zero-order valence-corrected chi connectivity index (χ0v) is 12.7. The van der Waals surface area contributed by atoms with Crippen molar-refractivity contribution >= 4 is 27.3 Å². The maximum Gasteiger partial charge on any atom is 0.244 e. The second-order valence-corrected chi connectivity index (χ2v) is 6.84. The third-order valence-electron chi connectivity index (χ3n) is 2.87. The van der Waals surface area contributed by atoms with Crippen LogP contribution in [0.4, 0.5) is 10.1 Å². The van der Waals surface area contributed by atoms with Crippen molar-refractivity contribution < 1.29 is 17.9 Å². The van der Waals surface area contributed by atoms with Crippen LogP contribution in [-0.2, 0) is 10.0 Å². The maximum atomic E-state index is 13.2. The zero-order valence-electron chi connectivity index (χ0n) is 11.1. The predicted octanol–water partition coefficient (Wildman–Crippen LogP) is 1.84. The van der Waals surface area contributed by atoms with E-state index >= 15 is 0 Å². The number of anilines is 1. The Morgan fingerprint density at radius 2 is 2.00 bits per heavy atom. The molecule has 0 saturated heterocycles. The largest absolute Gasteiger partial charge is 0.396 e. The van der Waals surface area contributed by atoms with Crippen molar-refractivity contribution in [2.45, 2.75) is 24.2 Å². The predicted molar refractivity (Wildman–Crippen MR) is 76.6 cm³/mol. The van der Waals surface area contributed by atoms with Crippen molar-refractivity contribution in [3.63, 3.8) is 0 Å². The van der Waals surface area contributed by atoms with Crippen molar-refractivity contribution in [2.75, 3.05) is 25.9 Å². The number of rotatable bonds is 7. The highest BCUT2D eigenvalue weighted by atomic mass is 35.5. The average Bonchev–Trinajstić information content (AvgIpc) is 2.38. The average molecular weight is 325 g/mol. The second kappa shape index (κ2) is 7.21. The van der Waals surface area contributed by atoms with Gasteiger partial charge in [-0.15, -0.1) is 0 Å². The first-order valence-electron chi connectivity index (χ1n) is 6.12. The number of sulfonamides is 1. The van der Waals surface area contributed by atoms with Gasteiger partial charge in [-0.2, -0.15) is 0 Å². The van der Waals surface area contributed by atoms with Gasteiger partial charge in [-0.3, -0.25) is 0 Å². The summed E-state index contributed by atoms with van der Waals surface area (Å²) in [7, 11) is -2.38. The molecule has 0 radical (unpaired) electrons. The summed E-state index contributed by atoms with van der Waals surface area (Å²) in [4.78, 5) is -0.206. The minimum atomic E-state index is -3.80. The van der Waals surface area contributed by atoms with Gasteiger partial charge in [-0.1, -0.05) is 11.6 Å². The SMILES string of the molecule is CN(CCCCCO)S(=O)(=O)c1cc(N)c(F)cc1Cl. The third-order valence-corrected chi connectivity index (χ3v) is 5.19. The van der Waals surface area contributed by atoms with Crippen LogP contribution in [0.3, 0.4) is 0 Å². The molecule has 0 saturated carbocycles. The Hall–Kier alpha value is -0.890. The summed E-state index contributed by atoms with van der Waals surface area (Å²) >= 11 is 5.78. The Morgan fingerprint density at radius 1 is 1.35 bits per heavy atom. The quantitative estimate of drug-likeness (QED) is 0.592. The molecule has 114 valence electrons. The Kier molecular flexibility index (Phi) is 6.19. The molecular weight excluding hydrogens is 307 g/mol. The minimum Gasteiger partial charge on any atom is -0.396 e. The minimum absolute atomic E-state index is 0.0801. The number of nitrogens with zero attached hydrogens (tertiary/aromatic N) is 1. The molecule has 0 fully saturated rings. The molecule has 3 N–H and O–H groups in total. The highest BCUT2D eigenvalue weighted by Gasteiger charge is 2.24. The fraction of sp³-hybridized carbons (Fsp3) is 0.500. The van der Waals surface area contributed by atoms with Gasteiger partial charge in [-0.25, -0.2) is 17.1 Å². The first-order chi connectivity index (χ1) is 9.30. The van der Waals surface area contributed by atoms with Gasteiger partial charge >= 0.3 is 0 Å². The van der Waals surface area contributed by atoms with E-state index in [2.05, 4.69) is 0 Å². The number of unbranched alkanes of at least 4 members (excludes halogenated alkanes) is 2. The number of nitrogen functional groups attached to an aromatic ring is 1. The summed E-state index contributed by atoms with van der Waals surface area (Å²) in [6, 6.07) is 1.92. The van der Waals surface area contributed by atoms with Crippen LogP contribution in [0.15, 0.2) is 17.0 Å². The Labute approximate surface area is 123 Å². The van der Waals surface area contributed by atoms with Crippen molar-refractivity contribution in [1.29, 1.82) is 0 Å². The summed E-state index contributed by atoms with van der Waals surface area (Å²) < 4.78 is 38.9. The lowest BCUT2D eigenvalue weighted by Gasteiger charge is -2.18. The van der Waals surface area contributed by atoms with Gasteiger partial charge in [0.1, 0.15) is 10.7 Å². The highest BCUT2D eigenvalue weighted by molar-refractivity contribution is 7.89.